The number of phenolic OH excluding ortho intramolecular Hbond substituents is 1. The first kappa shape index (κ1) is 18.1. The van der Waals surface area contributed by atoms with Crippen LogP contribution in [0.25, 0.3) is 0 Å². The number of nitrogens with one attached hydrogen (secondary N) is 2. The van der Waals surface area contributed by atoms with Crippen molar-refractivity contribution in [2.75, 3.05) is 0 Å². The standard InChI is InChI=1S/C18H23ClN2O4S/c19-14-2-1-3-15(17(14)23)26(24,25)21-20-16(22)10-18-7-11-4-12(8-18)6-13(5-11)9-18/h1-3,11-13,21,23H,4-10H2,(H,20,22). The van der Waals surface area contributed by atoms with Gasteiger partial charge in [-0.2, -0.15) is 0 Å². The number of aromatic hydroxyl groups is 1. The van der Waals surface area contributed by atoms with Crippen LogP contribution in [0.1, 0.15) is 44.9 Å². The molecule has 4 bridgehead atoms. The molecule has 26 heavy (non-hydrogen) atoms. The normalized spacial score (nSPS) is 32.6. The zero-order valence-corrected chi connectivity index (χ0v) is 15.9. The number of phenols is 1. The van der Waals surface area contributed by atoms with Crippen molar-refractivity contribution in [1.82, 2.24) is 10.3 Å². The predicted molar refractivity (Wildman–Crippen MR) is 96.8 cm³/mol. The molecule has 0 saturated heterocycles. The minimum Gasteiger partial charge on any atom is -0.505 e. The molecule has 0 unspecified atom stereocenters. The van der Waals surface area contributed by atoms with Crippen LogP contribution in [0.2, 0.25) is 5.02 Å². The average Bonchev–Trinajstić information content (AvgIpc) is 2.54. The van der Waals surface area contributed by atoms with Crippen LogP contribution in [0.3, 0.4) is 0 Å². The Hall–Kier alpha value is -1.31. The Labute approximate surface area is 158 Å². The number of hydrazine groups is 1. The summed E-state index contributed by atoms with van der Waals surface area (Å²) < 4.78 is 24.7. The summed E-state index contributed by atoms with van der Waals surface area (Å²) in [7, 11) is -4.09. The van der Waals surface area contributed by atoms with E-state index in [1.54, 1.807) is 0 Å². The molecule has 1 aromatic carbocycles. The molecule has 0 atom stereocenters. The second-order valence-electron chi connectivity index (χ2n) is 8.33. The number of carbonyl (C=O) groups is 1. The Bertz CT molecular complexity index is 804. The molecule has 1 amide bonds. The van der Waals surface area contributed by atoms with E-state index in [1.165, 1.54) is 37.5 Å². The van der Waals surface area contributed by atoms with Crippen LogP contribution in [0, 0.1) is 23.2 Å². The number of rotatable bonds is 5. The number of halogens is 1. The minimum atomic E-state index is -4.09. The Morgan fingerprint density at radius 1 is 1.15 bits per heavy atom. The lowest BCUT2D eigenvalue weighted by atomic mass is 9.49. The SMILES string of the molecule is O=C(CC12CC3CC(CC(C3)C1)C2)NNS(=O)(=O)c1cccc(Cl)c1O. The van der Waals surface area contributed by atoms with Crippen LogP contribution in [0.5, 0.6) is 5.75 Å². The maximum Gasteiger partial charge on any atom is 0.261 e. The number of hydrogen-bond donors (Lipinski definition) is 3. The Morgan fingerprint density at radius 2 is 1.73 bits per heavy atom. The van der Waals surface area contributed by atoms with E-state index >= 15 is 0 Å². The van der Waals surface area contributed by atoms with Gasteiger partial charge >= 0.3 is 0 Å². The van der Waals surface area contributed by atoms with Crippen molar-refractivity contribution in [2.45, 2.75) is 49.8 Å². The molecule has 4 aliphatic rings. The van der Waals surface area contributed by atoms with Crippen molar-refractivity contribution in [1.29, 1.82) is 0 Å². The molecule has 0 spiro atoms. The van der Waals surface area contributed by atoms with Gasteiger partial charge in [0.25, 0.3) is 10.0 Å². The maximum absolute atomic E-state index is 12.4. The molecule has 3 N–H and O–H groups in total. The molecule has 8 heteroatoms. The topological polar surface area (TPSA) is 95.5 Å². The fourth-order valence-electron chi connectivity index (χ4n) is 5.78. The summed E-state index contributed by atoms with van der Waals surface area (Å²) in [6, 6.07) is 4.05. The highest BCUT2D eigenvalue weighted by atomic mass is 35.5. The molecule has 4 fully saturated rings. The lowest BCUT2D eigenvalue weighted by Crippen LogP contribution is -2.50. The quantitative estimate of drug-likeness (QED) is 0.664. The largest absolute Gasteiger partial charge is 0.505 e. The van der Waals surface area contributed by atoms with Gasteiger partial charge in [0.15, 0.2) is 5.75 Å². The number of para-hydroxylation sites is 1. The second-order valence-corrected chi connectivity index (χ2v) is 10.4. The van der Waals surface area contributed by atoms with Crippen LogP contribution in [0.15, 0.2) is 23.1 Å². The molecule has 5 rings (SSSR count). The summed E-state index contributed by atoms with van der Waals surface area (Å²) in [6.07, 6.45) is 7.46. The van der Waals surface area contributed by atoms with Gasteiger partial charge in [-0.1, -0.05) is 17.7 Å². The molecule has 1 aromatic rings. The van der Waals surface area contributed by atoms with Gasteiger partial charge in [-0.15, -0.1) is 4.83 Å². The third kappa shape index (κ3) is 3.32. The number of carbonyl (C=O) groups excluding carboxylic acids is 1. The van der Waals surface area contributed by atoms with Crippen molar-refractivity contribution >= 4 is 27.5 Å². The Balaban J connectivity index is 1.40. The first-order valence-electron chi connectivity index (χ1n) is 9.04. The fraction of sp³-hybridized carbons (Fsp3) is 0.611. The van der Waals surface area contributed by atoms with Gasteiger partial charge in [0.05, 0.1) is 5.02 Å². The van der Waals surface area contributed by atoms with Gasteiger partial charge < -0.3 is 5.11 Å². The van der Waals surface area contributed by atoms with Gasteiger partial charge in [0.1, 0.15) is 4.90 Å². The predicted octanol–water partition coefficient (Wildman–Crippen LogP) is 2.96. The van der Waals surface area contributed by atoms with E-state index in [4.69, 9.17) is 11.6 Å². The number of sulfonamides is 1. The van der Waals surface area contributed by atoms with Crippen LogP contribution in [0.4, 0.5) is 0 Å². The third-order valence-electron chi connectivity index (χ3n) is 6.26. The number of benzene rings is 1. The number of amides is 1. The van der Waals surface area contributed by atoms with E-state index in [0.717, 1.165) is 37.0 Å². The lowest BCUT2D eigenvalue weighted by molar-refractivity contribution is -0.129. The molecule has 142 valence electrons. The fourth-order valence-corrected chi connectivity index (χ4v) is 6.99. The van der Waals surface area contributed by atoms with Gasteiger partial charge in [0.2, 0.25) is 5.91 Å². The Morgan fingerprint density at radius 3 is 2.31 bits per heavy atom. The van der Waals surface area contributed by atoms with E-state index in [1.807, 2.05) is 0 Å². The van der Waals surface area contributed by atoms with Gasteiger partial charge in [-0.3, -0.25) is 10.2 Å². The van der Waals surface area contributed by atoms with E-state index in [2.05, 4.69) is 10.3 Å². The van der Waals surface area contributed by atoms with Crippen molar-refractivity contribution in [3.8, 4) is 5.75 Å². The van der Waals surface area contributed by atoms with Crippen molar-refractivity contribution in [3.05, 3.63) is 23.2 Å². The van der Waals surface area contributed by atoms with Crippen molar-refractivity contribution in [2.24, 2.45) is 23.2 Å². The first-order chi connectivity index (χ1) is 12.3. The molecule has 4 saturated carbocycles. The maximum atomic E-state index is 12.4. The molecular formula is C18H23ClN2O4S. The van der Waals surface area contributed by atoms with E-state index in [0.29, 0.717) is 6.42 Å². The van der Waals surface area contributed by atoms with Crippen LogP contribution < -0.4 is 10.3 Å². The van der Waals surface area contributed by atoms with Crippen LogP contribution in [-0.2, 0) is 14.8 Å². The van der Waals surface area contributed by atoms with Gasteiger partial charge in [0, 0.05) is 6.42 Å². The van der Waals surface area contributed by atoms with Crippen LogP contribution >= 0.6 is 11.6 Å². The van der Waals surface area contributed by atoms with E-state index in [9.17, 15) is 18.3 Å². The van der Waals surface area contributed by atoms with Gasteiger partial charge in [-0.05, 0) is 73.8 Å². The molecule has 6 nitrogen and oxygen atoms in total. The van der Waals surface area contributed by atoms with Crippen molar-refractivity contribution < 1.29 is 18.3 Å². The summed E-state index contributed by atoms with van der Waals surface area (Å²) in [6.45, 7) is 0. The summed E-state index contributed by atoms with van der Waals surface area (Å²) in [4.78, 5) is 14.1. The minimum absolute atomic E-state index is 0.0302. The molecular weight excluding hydrogens is 376 g/mol. The molecule has 4 aliphatic carbocycles. The van der Waals surface area contributed by atoms with E-state index < -0.39 is 15.8 Å². The second kappa shape index (κ2) is 6.39. The summed E-state index contributed by atoms with van der Waals surface area (Å²) in [5.74, 6) is 1.34. The summed E-state index contributed by atoms with van der Waals surface area (Å²) >= 11 is 5.76. The highest BCUT2D eigenvalue weighted by Gasteiger charge is 2.51. The third-order valence-corrected chi connectivity index (χ3v) is 7.85. The highest BCUT2D eigenvalue weighted by molar-refractivity contribution is 7.89. The first-order valence-corrected chi connectivity index (χ1v) is 10.9. The van der Waals surface area contributed by atoms with Gasteiger partial charge in [-0.25, -0.2) is 8.42 Å². The van der Waals surface area contributed by atoms with E-state index in [-0.39, 0.29) is 21.2 Å². The zero-order chi connectivity index (χ0) is 18.5. The Kier molecular flexibility index (Phi) is 4.44. The van der Waals surface area contributed by atoms with Crippen LogP contribution in [-0.4, -0.2) is 19.4 Å². The molecule has 0 aliphatic heterocycles. The monoisotopic (exact) mass is 398 g/mol. The average molecular weight is 399 g/mol. The lowest BCUT2D eigenvalue weighted by Gasteiger charge is -2.56. The summed E-state index contributed by atoms with van der Waals surface area (Å²) in [5, 5.41) is 9.78. The number of hydrogen-bond acceptors (Lipinski definition) is 4. The summed E-state index contributed by atoms with van der Waals surface area (Å²) in [5.41, 5.74) is 2.34. The molecule has 0 radical (unpaired) electrons. The zero-order valence-electron chi connectivity index (χ0n) is 14.4. The molecule has 0 aromatic heterocycles. The van der Waals surface area contributed by atoms with Crippen molar-refractivity contribution in [3.63, 3.8) is 0 Å². The smallest absolute Gasteiger partial charge is 0.261 e. The molecule has 0 heterocycles. The highest BCUT2D eigenvalue weighted by Crippen LogP contribution is 2.61.